The van der Waals surface area contributed by atoms with E-state index in [1.807, 2.05) is 18.2 Å². The van der Waals surface area contributed by atoms with Crippen LogP contribution in [-0.2, 0) is 20.7 Å². The fourth-order valence-electron chi connectivity index (χ4n) is 1.24. The van der Waals surface area contributed by atoms with Crippen LogP contribution in [0.15, 0.2) is 30.3 Å². The molecule has 0 aromatic heterocycles. The molecule has 0 aliphatic rings. The highest BCUT2D eigenvalue weighted by molar-refractivity contribution is 7.86. The van der Waals surface area contributed by atoms with Crippen molar-refractivity contribution in [1.29, 1.82) is 0 Å². The van der Waals surface area contributed by atoms with E-state index in [1.54, 1.807) is 12.1 Å². The zero-order chi connectivity index (χ0) is 11.3. The first-order valence-corrected chi connectivity index (χ1v) is 6.31. The summed E-state index contributed by atoms with van der Waals surface area (Å²) in [7, 11) is -3.60. The molecule has 84 valence electrons. The lowest BCUT2D eigenvalue weighted by Crippen LogP contribution is -2.22. The molecule has 1 atom stereocenters. The molecule has 1 rings (SSSR count). The monoisotopic (exact) mass is 232 g/mol. The maximum Gasteiger partial charge on any atom is 0.264 e. The Morgan fingerprint density at radius 2 is 1.93 bits per heavy atom. The Hall–Kier alpha value is -0.940. The molecule has 0 amide bonds. The Kier molecular flexibility index (Phi) is 4.23. The number of rotatable bonds is 5. The fourth-order valence-corrected chi connectivity index (χ4v) is 1.85. The first-order chi connectivity index (χ1) is 7.01. The van der Waals surface area contributed by atoms with Gasteiger partial charge in [0.25, 0.3) is 10.1 Å². The molecule has 0 saturated carbocycles. The van der Waals surface area contributed by atoms with Crippen LogP contribution in [0, 0.1) is 0 Å². The van der Waals surface area contributed by atoms with Crippen LogP contribution in [0.4, 0.5) is 4.39 Å². The second-order valence-corrected chi connectivity index (χ2v) is 4.87. The molecule has 1 aromatic carbocycles. The van der Waals surface area contributed by atoms with Gasteiger partial charge in [-0.25, -0.2) is 4.39 Å². The standard InChI is InChI=1S/C10H13FO3S/c1-15(12,13)14-10(8-11)7-9-5-3-2-4-6-9/h2-6,10H,7-8H2,1H3. The molecular weight excluding hydrogens is 219 g/mol. The fraction of sp³-hybridized carbons (Fsp3) is 0.400. The normalized spacial score (nSPS) is 13.7. The average molecular weight is 232 g/mol. The third kappa shape index (κ3) is 4.90. The molecule has 0 aliphatic heterocycles. The second kappa shape index (κ2) is 5.23. The van der Waals surface area contributed by atoms with E-state index < -0.39 is 22.9 Å². The van der Waals surface area contributed by atoms with Gasteiger partial charge in [-0.1, -0.05) is 30.3 Å². The van der Waals surface area contributed by atoms with E-state index in [0.717, 1.165) is 11.8 Å². The Labute approximate surface area is 89.0 Å². The largest absolute Gasteiger partial charge is 0.264 e. The molecule has 0 fully saturated rings. The zero-order valence-corrected chi connectivity index (χ0v) is 9.21. The second-order valence-electron chi connectivity index (χ2n) is 3.27. The molecular formula is C10H13FO3S. The molecule has 0 saturated heterocycles. The van der Waals surface area contributed by atoms with E-state index in [9.17, 15) is 12.8 Å². The molecule has 5 heteroatoms. The van der Waals surface area contributed by atoms with Crippen molar-refractivity contribution < 1.29 is 17.0 Å². The molecule has 1 unspecified atom stereocenters. The Morgan fingerprint density at radius 3 is 2.40 bits per heavy atom. The van der Waals surface area contributed by atoms with E-state index >= 15 is 0 Å². The molecule has 0 heterocycles. The summed E-state index contributed by atoms with van der Waals surface area (Å²) in [5, 5.41) is 0. The lowest BCUT2D eigenvalue weighted by atomic mass is 10.1. The molecule has 0 radical (unpaired) electrons. The van der Waals surface area contributed by atoms with Crippen molar-refractivity contribution in [2.24, 2.45) is 0 Å². The highest BCUT2D eigenvalue weighted by Crippen LogP contribution is 2.08. The summed E-state index contributed by atoms with van der Waals surface area (Å²) in [6, 6.07) is 9.06. The predicted molar refractivity (Wildman–Crippen MR) is 55.8 cm³/mol. The van der Waals surface area contributed by atoms with Gasteiger partial charge in [-0.05, 0) is 5.56 Å². The van der Waals surface area contributed by atoms with Crippen molar-refractivity contribution in [3.63, 3.8) is 0 Å². The van der Waals surface area contributed by atoms with Crippen LogP contribution >= 0.6 is 0 Å². The number of benzene rings is 1. The van der Waals surface area contributed by atoms with Crippen LogP contribution < -0.4 is 0 Å². The predicted octanol–water partition coefficient (Wildman–Crippen LogP) is 1.54. The van der Waals surface area contributed by atoms with Gasteiger partial charge in [-0.3, -0.25) is 4.18 Å². The molecule has 15 heavy (non-hydrogen) atoms. The van der Waals surface area contributed by atoms with Gasteiger partial charge in [-0.15, -0.1) is 0 Å². The Morgan fingerprint density at radius 1 is 1.33 bits per heavy atom. The van der Waals surface area contributed by atoms with E-state index in [2.05, 4.69) is 4.18 Å². The van der Waals surface area contributed by atoms with Crippen LogP contribution in [0.25, 0.3) is 0 Å². The third-order valence-electron chi connectivity index (χ3n) is 1.79. The van der Waals surface area contributed by atoms with Crippen LogP contribution in [0.3, 0.4) is 0 Å². The summed E-state index contributed by atoms with van der Waals surface area (Å²) in [5.74, 6) is 0. The number of halogens is 1. The molecule has 0 N–H and O–H groups in total. The molecule has 3 nitrogen and oxygen atoms in total. The highest BCUT2D eigenvalue weighted by atomic mass is 32.2. The smallest absolute Gasteiger partial charge is 0.264 e. The first-order valence-electron chi connectivity index (χ1n) is 4.49. The van der Waals surface area contributed by atoms with Crippen LogP contribution in [0.2, 0.25) is 0 Å². The van der Waals surface area contributed by atoms with Crippen molar-refractivity contribution in [2.45, 2.75) is 12.5 Å². The van der Waals surface area contributed by atoms with Crippen molar-refractivity contribution in [1.82, 2.24) is 0 Å². The van der Waals surface area contributed by atoms with Gasteiger partial charge in [0.1, 0.15) is 12.8 Å². The van der Waals surface area contributed by atoms with Crippen LogP contribution in [0.1, 0.15) is 5.56 Å². The van der Waals surface area contributed by atoms with Gasteiger partial charge in [0.05, 0.1) is 6.26 Å². The van der Waals surface area contributed by atoms with E-state index in [-0.39, 0.29) is 6.42 Å². The van der Waals surface area contributed by atoms with Gasteiger partial charge < -0.3 is 0 Å². The molecule has 0 spiro atoms. The van der Waals surface area contributed by atoms with Gasteiger partial charge in [0, 0.05) is 6.42 Å². The topological polar surface area (TPSA) is 43.4 Å². The van der Waals surface area contributed by atoms with E-state index in [1.165, 1.54) is 0 Å². The quantitative estimate of drug-likeness (QED) is 0.723. The van der Waals surface area contributed by atoms with Crippen LogP contribution in [-0.4, -0.2) is 27.5 Å². The molecule has 0 bridgehead atoms. The minimum atomic E-state index is -3.60. The average Bonchev–Trinajstić information content (AvgIpc) is 2.16. The highest BCUT2D eigenvalue weighted by Gasteiger charge is 2.15. The Balaban J connectivity index is 2.63. The lowest BCUT2D eigenvalue weighted by molar-refractivity contribution is 0.173. The SMILES string of the molecule is CS(=O)(=O)OC(CF)Cc1ccccc1. The Bertz CT molecular complexity index is 388. The zero-order valence-electron chi connectivity index (χ0n) is 8.39. The summed E-state index contributed by atoms with van der Waals surface area (Å²) >= 11 is 0. The van der Waals surface area contributed by atoms with Crippen molar-refractivity contribution >= 4 is 10.1 Å². The van der Waals surface area contributed by atoms with E-state index in [4.69, 9.17) is 0 Å². The summed E-state index contributed by atoms with van der Waals surface area (Å²) in [4.78, 5) is 0. The van der Waals surface area contributed by atoms with Gasteiger partial charge in [-0.2, -0.15) is 8.42 Å². The minimum Gasteiger partial charge on any atom is -0.264 e. The third-order valence-corrected chi connectivity index (χ3v) is 2.41. The lowest BCUT2D eigenvalue weighted by Gasteiger charge is -2.12. The molecule has 1 aromatic rings. The number of hydrogen-bond acceptors (Lipinski definition) is 3. The summed E-state index contributed by atoms with van der Waals surface area (Å²) in [6.07, 6.45) is 0.243. The van der Waals surface area contributed by atoms with E-state index in [0.29, 0.717) is 0 Å². The van der Waals surface area contributed by atoms with Crippen molar-refractivity contribution in [2.75, 3.05) is 12.9 Å². The first kappa shape index (κ1) is 12.1. The van der Waals surface area contributed by atoms with Gasteiger partial charge in [0.2, 0.25) is 0 Å². The number of hydrogen-bond donors (Lipinski definition) is 0. The summed E-state index contributed by atoms with van der Waals surface area (Å²) < 4.78 is 38.7. The van der Waals surface area contributed by atoms with Crippen molar-refractivity contribution in [3.05, 3.63) is 35.9 Å². The van der Waals surface area contributed by atoms with Crippen molar-refractivity contribution in [3.8, 4) is 0 Å². The maximum atomic E-state index is 12.5. The maximum absolute atomic E-state index is 12.5. The summed E-state index contributed by atoms with van der Waals surface area (Å²) in [5.41, 5.74) is 0.851. The minimum absolute atomic E-state index is 0.254. The van der Waals surface area contributed by atoms with Gasteiger partial charge >= 0.3 is 0 Å². The van der Waals surface area contributed by atoms with Gasteiger partial charge in [0.15, 0.2) is 0 Å². The number of alkyl halides is 1. The summed E-state index contributed by atoms with van der Waals surface area (Å²) in [6.45, 7) is -0.817. The van der Waals surface area contributed by atoms with Crippen LogP contribution in [0.5, 0.6) is 0 Å². The molecule has 0 aliphatic carbocycles.